The van der Waals surface area contributed by atoms with Gasteiger partial charge in [-0.1, -0.05) is 24.3 Å². The van der Waals surface area contributed by atoms with E-state index in [-0.39, 0.29) is 18.3 Å². The Morgan fingerprint density at radius 3 is 2.67 bits per heavy atom. The fourth-order valence-electron chi connectivity index (χ4n) is 2.42. The molecule has 0 atom stereocenters. The van der Waals surface area contributed by atoms with E-state index >= 15 is 0 Å². The predicted molar refractivity (Wildman–Crippen MR) is 100 cm³/mol. The van der Waals surface area contributed by atoms with Gasteiger partial charge >= 0.3 is 0 Å². The molecule has 0 aliphatic heterocycles. The molecular formula is C21H17FN2O3. The zero-order chi connectivity index (χ0) is 19.1. The summed E-state index contributed by atoms with van der Waals surface area (Å²) in [6.45, 7) is 0.244. The van der Waals surface area contributed by atoms with Crippen molar-refractivity contribution in [1.82, 2.24) is 5.32 Å². The van der Waals surface area contributed by atoms with E-state index in [4.69, 9.17) is 4.42 Å². The summed E-state index contributed by atoms with van der Waals surface area (Å²) in [5.41, 5.74) is 1.27. The number of para-hydroxylation sites is 1. The van der Waals surface area contributed by atoms with Crippen LogP contribution in [0.2, 0.25) is 0 Å². The molecule has 0 unspecified atom stereocenters. The van der Waals surface area contributed by atoms with E-state index in [1.54, 1.807) is 48.5 Å². The van der Waals surface area contributed by atoms with Crippen LogP contribution >= 0.6 is 0 Å². The molecule has 0 bridgehead atoms. The molecule has 2 aromatic carbocycles. The van der Waals surface area contributed by atoms with Crippen LogP contribution < -0.4 is 10.6 Å². The van der Waals surface area contributed by atoms with Gasteiger partial charge in [0.2, 0.25) is 5.91 Å². The van der Waals surface area contributed by atoms with Crippen molar-refractivity contribution in [3.05, 3.63) is 95.7 Å². The summed E-state index contributed by atoms with van der Waals surface area (Å²) in [4.78, 5) is 24.5. The summed E-state index contributed by atoms with van der Waals surface area (Å²) in [6, 6.07) is 16.1. The van der Waals surface area contributed by atoms with Crippen LogP contribution in [-0.4, -0.2) is 11.8 Å². The number of hydrogen-bond donors (Lipinski definition) is 2. The van der Waals surface area contributed by atoms with E-state index in [1.165, 1.54) is 30.5 Å². The van der Waals surface area contributed by atoms with Crippen LogP contribution in [0, 0.1) is 5.82 Å². The highest BCUT2D eigenvalue weighted by Crippen LogP contribution is 2.15. The summed E-state index contributed by atoms with van der Waals surface area (Å²) in [5, 5.41) is 5.40. The van der Waals surface area contributed by atoms with E-state index < -0.39 is 5.91 Å². The third-order valence-corrected chi connectivity index (χ3v) is 3.71. The van der Waals surface area contributed by atoms with Crippen molar-refractivity contribution >= 4 is 23.6 Å². The molecule has 0 spiro atoms. The lowest BCUT2D eigenvalue weighted by Crippen LogP contribution is -2.24. The third-order valence-electron chi connectivity index (χ3n) is 3.71. The first-order valence-electron chi connectivity index (χ1n) is 8.26. The molecule has 3 rings (SSSR count). The number of nitrogens with one attached hydrogen (secondary N) is 2. The molecular weight excluding hydrogens is 347 g/mol. The maximum absolute atomic E-state index is 13.2. The quantitative estimate of drug-likeness (QED) is 0.650. The van der Waals surface area contributed by atoms with Crippen LogP contribution in [-0.2, 0) is 11.3 Å². The highest BCUT2D eigenvalue weighted by atomic mass is 19.1. The Bertz CT molecular complexity index is 965. The lowest BCUT2D eigenvalue weighted by Gasteiger charge is -2.10. The van der Waals surface area contributed by atoms with Gasteiger partial charge in [-0.25, -0.2) is 4.39 Å². The Labute approximate surface area is 155 Å². The van der Waals surface area contributed by atoms with Gasteiger partial charge in [-0.05, 0) is 48.0 Å². The number of amides is 2. The minimum absolute atomic E-state index is 0.244. The first-order chi connectivity index (χ1) is 13.1. The summed E-state index contributed by atoms with van der Waals surface area (Å²) in [6.07, 6.45) is 4.31. The van der Waals surface area contributed by atoms with Gasteiger partial charge in [0.05, 0.1) is 24.1 Å². The maximum atomic E-state index is 13.2. The molecule has 27 heavy (non-hydrogen) atoms. The molecule has 2 amide bonds. The topological polar surface area (TPSA) is 71.3 Å². The van der Waals surface area contributed by atoms with Gasteiger partial charge in [-0.2, -0.15) is 0 Å². The zero-order valence-corrected chi connectivity index (χ0v) is 14.3. The number of halogens is 1. The van der Waals surface area contributed by atoms with Gasteiger partial charge in [0.15, 0.2) is 0 Å². The number of carbonyl (C=O) groups is 2. The summed E-state index contributed by atoms with van der Waals surface area (Å²) < 4.78 is 18.3. The SMILES string of the molecule is O=C(/C=C/c1cccc(F)c1)Nc1ccccc1C(=O)NCc1ccco1. The number of anilines is 1. The van der Waals surface area contributed by atoms with Crippen LogP contribution in [0.15, 0.2) is 77.4 Å². The minimum atomic E-state index is -0.425. The van der Waals surface area contributed by atoms with E-state index in [9.17, 15) is 14.0 Å². The lowest BCUT2D eigenvalue weighted by atomic mass is 10.1. The van der Waals surface area contributed by atoms with E-state index in [2.05, 4.69) is 10.6 Å². The van der Waals surface area contributed by atoms with E-state index in [0.717, 1.165) is 0 Å². The molecule has 1 heterocycles. The van der Waals surface area contributed by atoms with Gasteiger partial charge in [0.1, 0.15) is 11.6 Å². The van der Waals surface area contributed by atoms with Crippen LogP contribution in [0.25, 0.3) is 6.08 Å². The monoisotopic (exact) mass is 364 g/mol. The molecule has 6 heteroatoms. The number of furan rings is 1. The smallest absolute Gasteiger partial charge is 0.253 e. The fraction of sp³-hybridized carbons (Fsp3) is 0.0476. The Kier molecular flexibility index (Phi) is 5.79. The molecule has 0 radical (unpaired) electrons. The van der Waals surface area contributed by atoms with Crippen LogP contribution in [0.3, 0.4) is 0 Å². The minimum Gasteiger partial charge on any atom is -0.467 e. The molecule has 5 nitrogen and oxygen atoms in total. The molecule has 0 aliphatic rings. The van der Waals surface area contributed by atoms with Gasteiger partial charge in [-0.15, -0.1) is 0 Å². The Hall–Kier alpha value is -3.67. The highest BCUT2D eigenvalue weighted by molar-refractivity contribution is 6.07. The number of rotatable bonds is 6. The highest BCUT2D eigenvalue weighted by Gasteiger charge is 2.12. The van der Waals surface area contributed by atoms with Gasteiger partial charge in [-0.3, -0.25) is 9.59 Å². The number of hydrogen-bond acceptors (Lipinski definition) is 3. The Balaban J connectivity index is 1.66. The van der Waals surface area contributed by atoms with Gasteiger partial charge in [0.25, 0.3) is 5.91 Å². The van der Waals surface area contributed by atoms with Gasteiger partial charge in [0, 0.05) is 6.08 Å². The Morgan fingerprint density at radius 2 is 1.89 bits per heavy atom. The van der Waals surface area contributed by atoms with Crippen molar-refractivity contribution in [2.45, 2.75) is 6.54 Å². The molecule has 1 aromatic heterocycles. The molecule has 2 N–H and O–H groups in total. The van der Waals surface area contributed by atoms with E-state index in [1.807, 2.05) is 0 Å². The summed E-state index contributed by atoms with van der Waals surface area (Å²) >= 11 is 0. The second-order valence-electron chi connectivity index (χ2n) is 5.69. The van der Waals surface area contributed by atoms with Crippen LogP contribution in [0.1, 0.15) is 21.7 Å². The maximum Gasteiger partial charge on any atom is 0.253 e. The lowest BCUT2D eigenvalue weighted by molar-refractivity contribution is -0.111. The van der Waals surface area contributed by atoms with Crippen LogP contribution in [0.5, 0.6) is 0 Å². The van der Waals surface area contributed by atoms with Gasteiger partial charge < -0.3 is 15.1 Å². The van der Waals surface area contributed by atoms with Crippen molar-refractivity contribution in [1.29, 1.82) is 0 Å². The van der Waals surface area contributed by atoms with Crippen molar-refractivity contribution in [2.24, 2.45) is 0 Å². The van der Waals surface area contributed by atoms with Crippen molar-refractivity contribution < 1.29 is 18.4 Å². The van der Waals surface area contributed by atoms with Crippen molar-refractivity contribution in [3.63, 3.8) is 0 Å². The fourth-order valence-corrected chi connectivity index (χ4v) is 2.42. The summed E-state index contributed by atoms with van der Waals surface area (Å²) in [5.74, 6) is -0.513. The standard InChI is InChI=1S/C21H17FN2O3/c22-16-6-3-5-15(13-16)10-11-20(25)24-19-9-2-1-8-18(19)21(26)23-14-17-7-4-12-27-17/h1-13H,14H2,(H,23,26)(H,24,25)/b11-10+. The second-order valence-corrected chi connectivity index (χ2v) is 5.69. The molecule has 0 saturated heterocycles. The normalized spacial score (nSPS) is 10.7. The number of carbonyl (C=O) groups excluding carboxylic acids is 2. The second kappa shape index (κ2) is 8.62. The van der Waals surface area contributed by atoms with E-state index in [0.29, 0.717) is 22.6 Å². The molecule has 0 aliphatic carbocycles. The predicted octanol–water partition coefficient (Wildman–Crippen LogP) is 4.00. The molecule has 3 aromatic rings. The Morgan fingerprint density at radius 1 is 1.04 bits per heavy atom. The first-order valence-corrected chi connectivity index (χ1v) is 8.26. The molecule has 136 valence electrons. The first kappa shape index (κ1) is 18.1. The summed E-state index contributed by atoms with van der Waals surface area (Å²) in [7, 11) is 0. The number of benzene rings is 2. The average Bonchev–Trinajstić information content (AvgIpc) is 3.19. The molecule has 0 fully saturated rings. The zero-order valence-electron chi connectivity index (χ0n) is 14.3. The molecule has 0 saturated carbocycles. The largest absolute Gasteiger partial charge is 0.467 e. The van der Waals surface area contributed by atoms with Crippen molar-refractivity contribution in [3.8, 4) is 0 Å². The van der Waals surface area contributed by atoms with Crippen LogP contribution in [0.4, 0.5) is 10.1 Å². The average molecular weight is 364 g/mol. The third kappa shape index (κ3) is 5.15. The van der Waals surface area contributed by atoms with Crippen molar-refractivity contribution in [2.75, 3.05) is 5.32 Å².